The molecule has 26 heavy (non-hydrogen) atoms. The molecular formula is C18H21N3O4S. The number of amides is 2. The molecule has 8 heteroatoms. The van der Waals surface area contributed by atoms with Crippen LogP contribution in [-0.4, -0.2) is 38.1 Å². The van der Waals surface area contributed by atoms with Crippen LogP contribution in [-0.2, 0) is 21.4 Å². The molecule has 0 aliphatic carbocycles. The average Bonchev–Trinajstić information content (AvgIpc) is 2.65. The Bertz CT molecular complexity index is 865. The Kier molecular flexibility index (Phi) is 6.48. The van der Waals surface area contributed by atoms with E-state index in [0.29, 0.717) is 5.56 Å². The summed E-state index contributed by atoms with van der Waals surface area (Å²) < 4.78 is 27.2. The van der Waals surface area contributed by atoms with Crippen LogP contribution in [0.1, 0.15) is 22.3 Å². The first-order valence-corrected chi connectivity index (χ1v) is 9.43. The fraction of sp³-hybridized carbons (Fsp3) is 0.222. The molecule has 7 nitrogen and oxygen atoms in total. The molecule has 0 saturated heterocycles. The predicted molar refractivity (Wildman–Crippen MR) is 97.7 cm³/mol. The molecule has 2 amide bonds. The average molecular weight is 375 g/mol. The third kappa shape index (κ3) is 4.90. The summed E-state index contributed by atoms with van der Waals surface area (Å²) in [6.07, 6.45) is -0.0810. The van der Waals surface area contributed by atoms with Gasteiger partial charge in [0.25, 0.3) is 5.91 Å². The number of nitrogens with one attached hydrogen (secondary N) is 1. The van der Waals surface area contributed by atoms with Crippen LogP contribution in [0.15, 0.2) is 59.5 Å². The molecule has 0 saturated carbocycles. The van der Waals surface area contributed by atoms with Gasteiger partial charge in [-0.2, -0.15) is 4.31 Å². The minimum atomic E-state index is -3.85. The maximum Gasteiger partial charge on any atom is 0.251 e. The zero-order chi connectivity index (χ0) is 19.2. The number of hydrogen-bond acceptors (Lipinski definition) is 4. The number of primary amides is 1. The Balaban J connectivity index is 2.31. The summed E-state index contributed by atoms with van der Waals surface area (Å²) in [7, 11) is -2.35. The molecular weight excluding hydrogens is 354 g/mol. The highest BCUT2D eigenvalue weighted by atomic mass is 32.2. The Morgan fingerprint density at radius 2 is 1.65 bits per heavy atom. The molecule has 2 rings (SSSR count). The van der Waals surface area contributed by atoms with Crippen molar-refractivity contribution >= 4 is 21.8 Å². The van der Waals surface area contributed by atoms with E-state index in [2.05, 4.69) is 5.32 Å². The van der Waals surface area contributed by atoms with Crippen LogP contribution in [0.25, 0.3) is 0 Å². The summed E-state index contributed by atoms with van der Waals surface area (Å²) in [5.74, 6) is -0.878. The molecule has 2 aromatic rings. The molecule has 0 unspecified atom stereocenters. The van der Waals surface area contributed by atoms with E-state index in [0.717, 1.165) is 5.56 Å². The third-order valence-corrected chi connectivity index (χ3v) is 5.65. The van der Waals surface area contributed by atoms with Crippen LogP contribution in [0.5, 0.6) is 0 Å². The maximum absolute atomic E-state index is 13.0. The summed E-state index contributed by atoms with van der Waals surface area (Å²) >= 11 is 0. The summed E-state index contributed by atoms with van der Waals surface area (Å²) in [5.41, 5.74) is 6.33. The van der Waals surface area contributed by atoms with Gasteiger partial charge in [0, 0.05) is 32.1 Å². The minimum Gasteiger partial charge on any atom is -0.370 e. The van der Waals surface area contributed by atoms with Crippen molar-refractivity contribution in [2.24, 2.45) is 5.73 Å². The Morgan fingerprint density at radius 1 is 1.04 bits per heavy atom. The molecule has 0 aliphatic rings. The van der Waals surface area contributed by atoms with Crippen molar-refractivity contribution in [1.29, 1.82) is 0 Å². The van der Waals surface area contributed by atoms with Gasteiger partial charge >= 0.3 is 0 Å². The van der Waals surface area contributed by atoms with Crippen LogP contribution < -0.4 is 11.1 Å². The molecule has 0 fully saturated rings. The second kappa shape index (κ2) is 8.59. The lowest BCUT2D eigenvalue weighted by atomic mass is 10.2. The van der Waals surface area contributed by atoms with E-state index in [1.807, 2.05) is 30.3 Å². The standard InChI is InChI=1S/C18H21N3O4S/c1-20-18(23)15-7-9-16(10-8-15)26(24,25)21(12-11-17(19)22)13-14-5-3-2-4-6-14/h2-10H,11-13H2,1H3,(H2,19,22)(H,20,23). The third-order valence-electron chi connectivity index (χ3n) is 3.79. The van der Waals surface area contributed by atoms with Crippen LogP contribution in [0.4, 0.5) is 0 Å². The fourth-order valence-corrected chi connectivity index (χ4v) is 3.81. The first-order valence-electron chi connectivity index (χ1n) is 7.99. The van der Waals surface area contributed by atoms with Crippen molar-refractivity contribution in [1.82, 2.24) is 9.62 Å². The zero-order valence-electron chi connectivity index (χ0n) is 14.4. The van der Waals surface area contributed by atoms with Crippen molar-refractivity contribution in [2.45, 2.75) is 17.9 Å². The highest BCUT2D eigenvalue weighted by Gasteiger charge is 2.25. The van der Waals surface area contributed by atoms with Gasteiger partial charge in [0.05, 0.1) is 4.90 Å². The normalized spacial score (nSPS) is 11.3. The van der Waals surface area contributed by atoms with Gasteiger partial charge in [0.15, 0.2) is 0 Å². The smallest absolute Gasteiger partial charge is 0.251 e. The highest BCUT2D eigenvalue weighted by Crippen LogP contribution is 2.19. The first-order chi connectivity index (χ1) is 12.3. The van der Waals surface area contributed by atoms with E-state index in [1.54, 1.807) is 0 Å². The number of nitrogens with zero attached hydrogens (tertiary/aromatic N) is 1. The van der Waals surface area contributed by atoms with Gasteiger partial charge in [-0.25, -0.2) is 8.42 Å². The summed E-state index contributed by atoms with van der Waals surface area (Å²) in [4.78, 5) is 22.8. The molecule has 0 aliphatic heterocycles. The second-order valence-corrected chi connectivity index (χ2v) is 7.58. The highest BCUT2D eigenvalue weighted by molar-refractivity contribution is 7.89. The number of hydrogen-bond donors (Lipinski definition) is 2. The number of carbonyl (C=O) groups is 2. The quantitative estimate of drug-likeness (QED) is 0.720. The Hall–Kier alpha value is -2.71. The van der Waals surface area contributed by atoms with E-state index in [9.17, 15) is 18.0 Å². The van der Waals surface area contributed by atoms with Crippen molar-refractivity contribution < 1.29 is 18.0 Å². The first kappa shape index (κ1) is 19.6. The van der Waals surface area contributed by atoms with Gasteiger partial charge in [-0.3, -0.25) is 9.59 Å². The van der Waals surface area contributed by atoms with Gasteiger partial charge in [0.1, 0.15) is 0 Å². The van der Waals surface area contributed by atoms with Gasteiger partial charge in [0.2, 0.25) is 15.9 Å². The molecule has 0 spiro atoms. The number of rotatable bonds is 8. The predicted octanol–water partition coefficient (Wildman–Crippen LogP) is 1.11. The van der Waals surface area contributed by atoms with E-state index in [4.69, 9.17) is 5.73 Å². The monoisotopic (exact) mass is 375 g/mol. The molecule has 2 aromatic carbocycles. The lowest BCUT2D eigenvalue weighted by Gasteiger charge is -2.22. The Morgan fingerprint density at radius 3 is 2.19 bits per heavy atom. The van der Waals surface area contributed by atoms with E-state index < -0.39 is 15.9 Å². The van der Waals surface area contributed by atoms with Crippen molar-refractivity contribution in [3.8, 4) is 0 Å². The van der Waals surface area contributed by atoms with Crippen LogP contribution in [0.2, 0.25) is 0 Å². The topological polar surface area (TPSA) is 110 Å². The second-order valence-electron chi connectivity index (χ2n) is 5.64. The van der Waals surface area contributed by atoms with Crippen molar-refractivity contribution in [3.63, 3.8) is 0 Å². The Labute approximate surface area is 152 Å². The van der Waals surface area contributed by atoms with Crippen molar-refractivity contribution in [2.75, 3.05) is 13.6 Å². The number of nitrogens with two attached hydrogens (primary N) is 1. The fourth-order valence-electron chi connectivity index (χ4n) is 2.38. The lowest BCUT2D eigenvalue weighted by Crippen LogP contribution is -2.33. The number of carbonyl (C=O) groups excluding carboxylic acids is 2. The molecule has 3 N–H and O–H groups in total. The van der Waals surface area contributed by atoms with Crippen LogP contribution in [0.3, 0.4) is 0 Å². The summed E-state index contributed by atoms with van der Waals surface area (Å²) in [6, 6.07) is 14.7. The van der Waals surface area contributed by atoms with Gasteiger partial charge in [-0.05, 0) is 29.8 Å². The van der Waals surface area contributed by atoms with Gasteiger partial charge in [-0.1, -0.05) is 30.3 Å². The van der Waals surface area contributed by atoms with E-state index in [-0.39, 0.29) is 30.3 Å². The minimum absolute atomic E-state index is 0.0240. The van der Waals surface area contributed by atoms with Crippen molar-refractivity contribution in [3.05, 3.63) is 65.7 Å². The summed E-state index contributed by atoms with van der Waals surface area (Å²) in [5, 5.41) is 2.48. The molecule has 0 aromatic heterocycles. The number of sulfonamides is 1. The van der Waals surface area contributed by atoms with Crippen LogP contribution in [0, 0.1) is 0 Å². The molecule has 0 atom stereocenters. The molecule has 0 heterocycles. The maximum atomic E-state index is 13.0. The SMILES string of the molecule is CNC(=O)c1ccc(S(=O)(=O)N(CCC(N)=O)Cc2ccccc2)cc1. The lowest BCUT2D eigenvalue weighted by molar-refractivity contribution is -0.118. The molecule has 0 radical (unpaired) electrons. The zero-order valence-corrected chi connectivity index (χ0v) is 15.2. The number of benzene rings is 2. The summed E-state index contributed by atoms with van der Waals surface area (Å²) in [6.45, 7) is 0.0947. The van der Waals surface area contributed by atoms with Gasteiger partial charge < -0.3 is 11.1 Å². The molecule has 138 valence electrons. The largest absolute Gasteiger partial charge is 0.370 e. The van der Waals surface area contributed by atoms with E-state index in [1.165, 1.54) is 35.6 Å². The van der Waals surface area contributed by atoms with Gasteiger partial charge in [-0.15, -0.1) is 0 Å². The van der Waals surface area contributed by atoms with E-state index >= 15 is 0 Å². The van der Waals surface area contributed by atoms with Crippen LogP contribution >= 0.6 is 0 Å². The molecule has 0 bridgehead atoms.